The van der Waals surface area contributed by atoms with Crippen molar-refractivity contribution in [1.82, 2.24) is 68.5 Å². The number of nitrogens with zero attached hydrogens (tertiary/aromatic N) is 12. The summed E-state index contributed by atoms with van der Waals surface area (Å²) in [5.41, 5.74) is 5.46. The summed E-state index contributed by atoms with van der Waals surface area (Å²) in [5.74, 6) is 1.58. The number of nitrogens with one attached hydrogen (secondary N) is 6. The number of benzene rings is 5. The third kappa shape index (κ3) is 19.7. The summed E-state index contributed by atoms with van der Waals surface area (Å²) >= 11 is 6.60. The summed E-state index contributed by atoms with van der Waals surface area (Å²) < 4.78 is 162. The lowest BCUT2D eigenvalue weighted by atomic mass is 9.98. The van der Waals surface area contributed by atoms with Gasteiger partial charge in [-0.15, -0.1) is 6.42 Å². The monoisotopic (exact) mass is 1810 g/mol. The van der Waals surface area contributed by atoms with Crippen LogP contribution >= 0.6 is 11.6 Å². The summed E-state index contributed by atoms with van der Waals surface area (Å²) in [5, 5.41) is 20.0. The number of rotatable bonds is 22. The predicted octanol–water partition coefficient (Wildman–Crippen LogP) is 14.4. The SMILES string of the molecule is C#Cc1cc2cnc(Nc3ccc(C4=CCNCC4)cc3)nc2n(Cc2ccoc2S(=O)(=O)CC(F)(F)F)c1=O.Cc1ccc(-c2cc3cnc(Nc4ccc(N5CCNCC5)c(C(F)(F)F)c4)nc3n(Cc3cccn3S(=O)(=O)c3ccccc3)c2=O)c(Cl)c1.O=c1ccc2cnc(Nc3ccc(C4CCNC4)cc3)nc2n1Cc1occc1S(=O)c1ccncc1. The van der Waals surface area contributed by atoms with Gasteiger partial charge in [-0.2, -0.15) is 41.3 Å². The summed E-state index contributed by atoms with van der Waals surface area (Å²) in [4.78, 5) is 74.0. The molecule has 0 radical (unpaired) electrons. The van der Waals surface area contributed by atoms with Crippen LogP contribution in [0.15, 0.2) is 275 Å². The minimum absolute atomic E-state index is 0.0530. The molecule has 654 valence electrons. The molecular weight excluding hydrogens is 1740 g/mol. The van der Waals surface area contributed by atoms with Gasteiger partial charge in [0.25, 0.3) is 26.7 Å². The van der Waals surface area contributed by atoms with Gasteiger partial charge in [-0.25, -0.2) is 40.0 Å². The average Bonchev–Trinajstić information content (AvgIpc) is 1.03. The first-order chi connectivity index (χ1) is 61.6. The maximum absolute atomic E-state index is 14.3. The van der Waals surface area contributed by atoms with Crippen molar-refractivity contribution in [2.45, 2.75) is 77.4 Å². The molecule has 2 fully saturated rings. The Bertz CT molecular complexity index is 7220. The van der Waals surface area contributed by atoms with Gasteiger partial charge in [0.05, 0.1) is 69.6 Å². The average molecular weight is 1820 g/mol. The highest BCUT2D eigenvalue weighted by molar-refractivity contribution is 7.91. The van der Waals surface area contributed by atoms with E-state index in [1.54, 1.807) is 96.3 Å². The third-order valence-electron chi connectivity index (χ3n) is 21.4. The van der Waals surface area contributed by atoms with Gasteiger partial charge in [0.2, 0.25) is 32.8 Å². The number of alkyl halides is 6. The van der Waals surface area contributed by atoms with Crippen molar-refractivity contribution in [3.63, 3.8) is 0 Å². The second-order valence-corrected chi connectivity index (χ2v) is 35.6. The minimum Gasteiger partial charge on any atom is -0.466 e. The van der Waals surface area contributed by atoms with E-state index in [0.717, 1.165) is 76.7 Å². The van der Waals surface area contributed by atoms with Gasteiger partial charge in [-0.1, -0.05) is 78.2 Å². The van der Waals surface area contributed by atoms with E-state index < -0.39 is 77.1 Å². The lowest BCUT2D eigenvalue weighted by Crippen LogP contribution is -2.44. The van der Waals surface area contributed by atoms with Crippen LogP contribution in [-0.2, 0) is 56.5 Å². The van der Waals surface area contributed by atoms with Gasteiger partial charge >= 0.3 is 12.4 Å². The van der Waals surface area contributed by atoms with Crippen molar-refractivity contribution in [2.75, 3.05) is 79.0 Å². The predicted molar refractivity (Wildman–Crippen MR) is 475 cm³/mol. The van der Waals surface area contributed by atoms with Gasteiger partial charge in [-0.3, -0.25) is 33.1 Å². The smallest absolute Gasteiger partial charge is 0.418 e. The molecule has 0 aliphatic carbocycles. The number of pyridine rings is 4. The van der Waals surface area contributed by atoms with Gasteiger partial charge in [0.15, 0.2) is 5.75 Å². The van der Waals surface area contributed by atoms with Crippen LogP contribution in [0.3, 0.4) is 0 Å². The van der Waals surface area contributed by atoms with Crippen molar-refractivity contribution in [1.29, 1.82) is 0 Å². The Morgan fingerprint density at radius 1 is 0.625 bits per heavy atom. The molecule has 5 aromatic carbocycles. The van der Waals surface area contributed by atoms with Crippen LogP contribution in [0.25, 0.3) is 49.8 Å². The molecule has 6 N–H and O–H groups in total. The number of hydrogen-bond acceptors (Lipinski definition) is 24. The van der Waals surface area contributed by atoms with Crippen molar-refractivity contribution in [3.05, 3.63) is 313 Å². The van der Waals surface area contributed by atoms with Gasteiger partial charge in [-0.05, 0) is 176 Å². The third-order valence-corrected chi connectivity index (χ3v) is 26.5. The number of piperazine rings is 1. The number of halogens is 7. The van der Waals surface area contributed by atoms with E-state index >= 15 is 0 Å². The first-order valence-electron chi connectivity index (χ1n) is 40.0. The van der Waals surface area contributed by atoms with E-state index in [-0.39, 0.29) is 80.5 Å². The number of terminal acetylenes is 1. The lowest BCUT2D eigenvalue weighted by Gasteiger charge is -2.31. The first kappa shape index (κ1) is 87.7. The van der Waals surface area contributed by atoms with E-state index in [1.807, 2.05) is 49.4 Å². The molecule has 28 nitrogen and oxygen atoms in total. The Morgan fingerprint density at radius 3 is 1.92 bits per heavy atom. The maximum atomic E-state index is 14.3. The number of fused-ring (bicyclic) bond motifs is 3. The molecule has 10 aromatic heterocycles. The van der Waals surface area contributed by atoms with E-state index in [2.05, 4.69) is 90.9 Å². The number of anilines is 7. The number of hydrogen-bond donors (Lipinski definition) is 6. The van der Waals surface area contributed by atoms with E-state index in [4.69, 9.17) is 26.9 Å². The zero-order chi connectivity index (χ0) is 89.6. The zero-order valence-corrected chi connectivity index (χ0v) is 71.0. The zero-order valence-electron chi connectivity index (χ0n) is 67.8. The van der Waals surface area contributed by atoms with Crippen molar-refractivity contribution >= 4 is 122 Å². The Kier molecular flexibility index (Phi) is 25.7. The van der Waals surface area contributed by atoms with E-state index in [1.165, 1.54) is 87.6 Å². The van der Waals surface area contributed by atoms with Crippen LogP contribution in [-0.4, -0.2) is 138 Å². The summed E-state index contributed by atoms with van der Waals surface area (Å²) in [6.07, 6.45) is 11.7. The normalized spacial score (nSPS) is 14.6. The standard InChI is InChI=1S/C36H31ClF3N7O3S.C27H22F3N5O4S.C27H24N6O3S/c1-23-9-11-28(31(37)18-23)29-19-24-21-42-35(43-25-10-12-32(30(20-25)36(38,39)40)45-16-13-41-14-17-45)44-33(24)46(34(29)48)22-26-6-5-15-47(26)51(49,50)27-7-3-2-4-8-27;1-2-17-13-21-14-32-26(33-22-5-3-18(4-6-22)19-7-10-31-11-8-19)34-23(21)35(24(17)36)15-20-9-12-39-25(20)40(37,38)16-27(28,29)30;34-25-6-3-20-16-30-27(31-21-4-1-18(2-5-21)19-7-11-29-15-19)32-26(20)33(25)17-23-24(10-14-36-23)37(35)22-8-12-28-13-9-22/h2-12,15,18-21,41H,13-14,16-17,22H2,1H3,(H,42,43,44);1,3-7,9,12-14,31H,8,10-11,15-16H2,(H,32,33,34);1-6,8-10,12-14,16,19,29H,7,11,15,17H2,(H,30,31,32). The number of aryl methyl sites for hydroxylation is 1. The molecule has 2 unspecified atom stereocenters. The maximum Gasteiger partial charge on any atom is 0.418 e. The fourth-order valence-corrected chi connectivity index (χ4v) is 19.3. The van der Waals surface area contributed by atoms with Crippen molar-refractivity contribution in [2.24, 2.45) is 0 Å². The quantitative estimate of drug-likeness (QED) is 0.0271. The Balaban J connectivity index is 0.000000143. The molecule has 0 bridgehead atoms. The van der Waals surface area contributed by atoms with Crippen LogP contribution in [0.2, 0.25) is 5.02 Å². The summed E-state index contributed by atoms with van der Waals surface area (Å²) in [6.45, 7) is 7.08. The summed E-state index contributed by atoms with van der Waals surface area (Å²) in [7, 11) is -10.4. The molecular formula is C90H77ClF6N18O10S3. The molecule has 13 heterocycles. The summed E-state index contributed by atoms with van der Waals surface area (Å²) in [6, 6.07) is 48.6. The molecule has 3 aliphatic heterocycles. The molecule has 3 aliphatic rings. The highest BCUT2D eigenvalue weighted by Gasteiger charge is 2.40. The minimum atomic E-state index is -4.98. The molecule has 0 saturated carbocycles. The Morgan fingerprint density at radius 2 is 1.27 bits per heavy atom. The fourth-order valence-electron chi connectivity index (χ4n) is 15.1. The van der Waals surface area contributed by atoms with E-state index in [0.29, 0.717) is 91.7 Å². The Hall–Kier alpha value is -13.7. The van der Waals surface area contributed by atoms with Crippen LogP contribution in [0.1, 0.15) is 63.6 Å². The topological polar surface area (TPSA) is 348 Å². The Labute approximate surface area is 734 Å². The van der Waals surface area contributed by atoms with Crippen LogP contribution < -0.4 is 53.5 Å². The molecule has 2 atom stereocenters. The molecule has 18 rings (SSSR count). The fraction of sp³-hybridized carbons (Fsp3) is 0.200. The number of aromatic nitrogens is 11. The van der Waals surface area contributed by atoms with Crippen molar-refractivity contribution < 1.29 is 56.2 Å². The second kappa shape index (κ2) is 37.4. The highest BCUT2D eigenvalue weighted by Crippen LogP contribution is 2.40. The molecule has 0 amide bonds. The van der Waals surface area contributed by atoms with Gasteiger partial charge in [0, 0.05) is 148 Å². The molecule has 38 heteroatoms. The molecule has 15 aromatic rings. The van der Waals surface area contributed by atoms with Gasteiger partial charge in [0.1, 0.15) is 22.7 Å². The van der Waals surface area contributed by atoms with Crippen LogP contribution in [0.5, 0.6) is 0 Å². The molecule has 0 spiro atoms. The van der Waals surface area contributed by atoms with Crippen LogP contribution in [0, 0.1) is 19.3 Å². The second-order valence-electron chi connectivity index (χ2n) is 30.0. The number of sulfone groups is 1. The van der Waals surface area contributed by atoms with Gasteiger partial charge < -0.3 is 45.6 Å². The first-order valence-corrected chi connectivity index (χ1v) is 44.6. The molecule has 128 heavy (non-hydrogen) atoms. The molecule has 2 saturated heterocycles. The number of furan rings is 2. The van der Waals surface area contributed by atoms with Crippen molar-refractivity contribution in [3.8, 4) is 23.5 Å². The van der Waals surface area contributed by atoms with Crippen LogP contribution in [0.4, 0.5) is 66.9 Å². The van der Waals surface area contributed by atoms with E-state index in [9.17, 15) is 61.8 Å². The highest BCUT2D eigenvalue weighted by atomic mass is 35.5. The lowest BCUT2D eigenvalue weighted by molar-refractivity contribution is -0.137. The largest absolute Gasteiger partial charge is 0.466 e.